The highest BCUT2D eigenvalue weighted by Gasteiger charge is 2.20. The van der Waals surface area contributed by atoms with Gasteiger partial charge in [0.2, 0.25) is 5.95 Å². The number of methoxy groups -OCH3 is 1. The Labute approximate surface area is 212 Å². The fourth-order valence-electron chi connectivity index (χ4n) is 3.53. The van der Waals surface area contributed by atoms with E-state index in [-0.39, 0.29) is 27.9 Å². The van der Waals surface area contributed by atoms with Gasteiger partial charge < -0.3 is 10.1 Å². The van der Waals surface area contributed by atoms with Gasteiger partial charge in [-0.2, -0.15) is 0 Å². The van der Waals surface area contributed by atoms with Crippen molar-refractivity contribution in [3.8, 4) is 16.9 Å². The van der Waals surface area contributed by atoms with Crippen molar-refractivity contribution < 1.29 is 14.1 Å². The van der Waals surface area contributed by atoms with E-state index < -0.39 is 10.7 Å². The van der Waals surface area contributed by atoms with Crippen molar-refractivity contribution in [3.05, 3.63) is 79.7 Å². The number of anilines is 2. The summed E-state index contributed by atoms with van der Waals surface area (Å²) in [5.41, 5.74) is 2.38. The summed E-state index contributed by atoms with van der Waals surface area (Å²) < 4.78 is 20.4. The minimum absolute atomic E-state index is 0.0276. The number of nitrogens with zero attached hydrogens (tertiary/aromatic N) is 3. The number of nitrogens with one attached hydrogen (secondary N) is 1. The molecule has 0 bridgehead atoms. The first-order valence-corrected chi connectivity index (χ1v) is 11.5. The van der Waals surface area contributed by atoms with Crippen molar-refractivity contribution in [1.29, 1.82) is 0 Å². The zero-order valence-corrected chi connectivity index (χ0v) is 21.3. The Hall–Kier alpha value is -3.49. The largest absolute Gasteiger partial charge is 0.495 e. The molecule has 0 aliphatic carbocycles. The molecule has 0 spiro atoms. The van der Waals surface area contributed by atoms with Crippen LogP contribution >= 0.6 is 23.2 Å². The Morgan fingerprint density at radius 3 is 2.46 bits per heavy atom. The molecule has 4 aromatic rings. The summed E-state index contributed by atoms with van der Waals surface area (Å²) in [4.78, 5) is 19.3. The number of halogens is 3. The number of hydrogen-bond acceptors (Lipinski definition) is 6. The van der Waals surface area contributed by atoms with Crippen molar-refractivity contribution in [3.63, 3.8) is 0 Å². The first-order valence-electron chi connectivity index (χ1n) is 10.7. The minimum Gasteiger partial charge on any atom is -0.495 e. The molecule has 182 valence electrons. The number of aromatic nitrogens is 2. The van der Waals surface area contributed by atoms with Crippen molar-refractivity contribution in [2.75, 3.05) is 12.4 Å². The van der Waals surface area contributed by atoms with E-state index in [0.717, 1.165) is 5.56 Å². The van der Waals surface area contributed by atoms with Gasteiger partial charge in [0, 0.05) is 23.2 Å². The molecule has 7 nitrogen and oxygen atoms in total. The summed E-state index contributed by atoms with van der Waals surface area (Å²) in [7, 11) is 1.49. The van der Waals surface area contributed by atoms with Crippen molar-refractivity contribution in [2.45, 2.75) is 27.7 Å². The number of fused-ring (bicyclic) bond motifs is 1. The van der Waals surface area contributed by atoms with Gasteiger partial charge in [0.25, 0.3) is 5.69 Å². The molecule has 0 atom stereocenters. The Morgan fingerprint density at radius 2 is 1.80 bits per heavy atom. The lowest BCUT2D eigenvalue weighted by Gasteiger charge is -2.15. The van der Waals surface area contributed by atoms with Crippen LogP contribution in [0.5, 0.6) is 5.75 Å². The number of rotatable bonds is 5. The second kappa shape index (κ2) is 10.8. The number of hydrogen-bond donors (Lipinski definition) is 1. The number of ether oxygens (including phenoxy) is 1. The molecule has 0 aliphatic rings. The first-order chi connectivity index (χ1) is 16.7. The van der Waals surface area contributed by atoms with Gasteiger partial charge in [-0.15, -0.1) is 0 Å². The Balaban J connectivity index is 0.00000167. The van der Waals surface area contributed by atoms with Crippen molar-refractivity contribution >= 4 is 51.4 Å². The summed E-state index contributed by atoms with van der Waals surface area (Å²) in [5.74, 6) is -0.177. The van der Waals surface area contributed by atoms with E-state index in [2.05, 4.69) is 15.3 Å². The number of aryl methyl sites for hydroxylation is 2. The molecule has 0 saturated carbocycles. The molecule has 3 aromatic carbocycles. The molecule has 0 fully saturated rings. The third kappa shape index (κ3) is 5.13. The fraction of sp³-hybridized carbons (Fsp3) is 0.200. The summed E-state index contributed by atoms with van der Waals surface area (Å²) in [6.07, 6.45) is 1.43. The molecule has 0 aliphatic heterocycles. The van der Waals surface area contributed by atoms with Gasteiger partial charge in [0.05, 0.1) is 22.1 Å². The maximum absolute atomic E-state index is 15.1. The molecule has 35 heavy (non-hydrogen) atoms. The summed E-state index contributed by atoms with van der Waals surface area (Å²) in [6, 6.07) is 9.32. The summed E-state index contributed by atoms with van der Waals surface area (Å²) >= 11 is 12.9. The lowest BCUT2D eigenvalue weighted by Crippen LogP contribution is -2.03. The quantitative estimate of drug-likeness (QED) is 0.213. The van der Waals surface area contributed by atoms with Crippen LogP contribution in [-0.2, 0) is 0 Å². The van der Waals surface area contributed by atoms with Crippen molar-refractivity contribution in [2.24, 2.45) is 0 Å². The van der Waals surface area contributed by atoms with E-state index in [9.17, 15) is 10.1 Å². The lowest BCUT2D eigenvalue weighted by molar-refractivity contribution is -0.384. The first kappa shape index (κ1) is 26.1. The molecule has 0 amide bonds. The standard InChI is InChI=1S/C23H17Cl2FN4O3.C2H6/c1-11-5-4-6-16(30(31)32)21(11)28-23-27-10-14-8-13(9-15(26)22(14)29-23)18-19(24)12(2)7-17(33-3)20(18)25;1-2/h4-10H,1-3H3,(H,27,28,29);1-2H3. The molecular weight excluding hydrogens is 494 g/mol. The van der Waals surface area contributed by atoms with Gasteiger partial charge >= 0.3 is 0 Å². The predicted molar refractivity (Wildman–Crippen MR) is 139 cm³/mol. The van der Waals surface area contributed by atoms with E-state index in [1.54, 1.807) is 38.1 Å². The van der Waals surface area contributed by atoms with Gasteiger partial charge in [-0.3, -0.25) is 10.1 Å². The van der Waals surface area contributed by atoms with Crippen LogP contribution in [-0.4, -0.2) is 22.0 Å². The number of nitro groups is 1. The van der Waals surface area contributed by atoms with Crippen LogP contribution in [0, 0.1) is 29.8 Å². The SMILES string of the molecule is CC.COc1cc(C)c(Cl)c(-c2cc(F)c3nc(Nc4c(C)cccc4[N+](=O)[O-])ncc3c2)c1Cl. The molecule has 1 aromatic heterocycles. The van der Waals surface area contributed by atoms with Crippen molar-refractivity contribution in [1.82, 2.24) is 9.97 Å². The van der Waals surface area contributed by atoms with Gasteiger partial charge in [-0.25, -0.2) is 14.4 Å². The Bertz CT molecular complexity index is 1430. The maximum Gasteiger partial charge on any atom is 0.293 e. The monoisotopic (exact) mass is 516 g/mol. The van der Waals surface area contributed by atoms with Crippen LogP contribution in [0.1, 0.15) is 25.0 Å². The van der Waals surface area contributed by atoms with E-state index >= 15 is 4.39 Å². The minimum atomic E-state index is -0.625. The van der Waals surface area contributed by atoms with Crippen LogP contribution < -0.4 is 10.1 Å². The van der Waals surface area contributed by atoms with E-state index in [1.807, 2.05) is 13.8 Å². The summed E-state index contributed by atoms with van der Waals surface area (Å²) in [5, 5.41) is 15.2. The molecule has 0 unspecified atom stereocenters. The highest BCUT2D eigenvalue weighted by atomic mass is 35.5. The maximum atomic E-state index is 15.1. The lowest BCUT2D eigenvalue weighted by atomic mass is 10.0. The van der Waals surface area contributed by atoms with Gasteiger partial charge in [-0.05, 0) is 48.7 Å². The molecule has 4 rings (SSSR count). The predicted octanol–water partition coefficient (Wildman–Crippen LogP) is 8.05. The van der Waals surface area contributed by atoms with E-state index in [1.165, 1.54) is 25.4 Å². The molecule has 0 radical (unpaired) electrons. The highest BCUT2D eigenvalue weighted by Crippen LogP contribution is 2.43. The molecule has 1 heterocycles. The topological polar surface area (TPSA) is 90.2 Å². The van der Waals surface area contributed by atoms with Gasteiger partial charge in [0.1, 0.15) is 22.8 Å². The summed E-state index contributed by atoms with van der Waals surface area (Å²) in [6.45, 7) is 7.51. The second-order valence-electron chi connectivity index (χ2n) is 7.34. The van der Waals surface area contributed by atoms with Gasteiger partial charge in [0.15, 0.2) is 0 Å². The third-order valence-electron chi connectivity index (χ3n) is 5.18. The van der Waals surface area contributed by atoms with Crippen LogP contribution in [0.4, 0.5) is 21.7 Å². The van der Waals surface area contributed by atoms with Crippen LogP contribution in [0.15, 0.2) is 42.6 Å². The normalized spacial score (nSPS) is 10.5. The average Bonchev–Trinajstić information content (AvgIpc) is 2.84. The highest BCUT2D eigenvalue weighted by molar-refractivity contribution is 6.40. The Morgan fingerprint density at radius 1 is 1.09 bits per heavy atom. The second-order valence-corrected chi connectivity index (χ2v) is 8.10. The molecule has 10 heteroatoms. The van der Waals surface area contributed by atoms with E-state index in [0.29, 0.717) is 32.8 Å². The fourth-order valence-corrected chi connectivity index (χ4v) is 4.17. The van der Waals surface area contributed by atoms with Gasteiger partial charge in [-0.1, -0.05) is 49.2 Å². The molecule has 1 N–H and O–H groups in total. The molecular formula is C25H23Cl2FN4O3. The smallest absolute Gasteiger partial charge is 0.293 e. The Kier molecular flexibility index (Phi) is 8.09. The van der Waals surface area contributed by atoms with Crippen LogP contribution in [0.3, 0.4) is 0 Å². The van der Waals surface area contributed by atoms with Crippen LogP contribution in [0.25, 0.3) is 22.0 Å². The number of nitro benzene ring substituents is 1. The zero-order valence-electron chi connectivity index (χ0n) is 19.7. The average molecular weight is 517 g/mol. The third-order valence-corrected chi connectivity index (χ3v) is 6.04. The number of para-hydroxylation sites is 1. The number of benzene rings is 3. The zero-order chi connectivity index (χ0) is 25.9. The van der Waals surface area contributed by atoms with E-state index in [4.69, 9.17) is 27.9 Å². The van der Waals surface area contributed by atoms with Crippen LogP contribution in [0.2, 0.25) is 10.0 Å². The molecule has 0 saturated heterocycles.